The van der Waals surface area contributed by atoms with E-state index in [-0.39, 0.29) is 11.6 Å². The van der Waals surface area contributed by atoms with Crippen LogP contribution >= 0.6 is 0 Å². The maximum absolute atomic E-state index is 13.0. The largest absolute Gasteiger partial charge is 0.419 e. The van der Waals surface area contributed by atoms with Gasteiger partial charge in [0, 0.05) is 18.8 Å². The van der Waals surface area contributed by atoms with Crippen molar-refractivity contribution in [1.29, 1.82) is 0 Å². The predicted octanol–water partition coefficient (Wildman–Crippen LogP) is 1.62. The molecule has 0 saturated carbocycles. The lowest BCUT2D eigenvalue weighted by atomic mass is 10.2. The number of pyridine rings is 1. The van der Waals surface area contributed by atoms with Crippen molar-refractivity contribution in [3.8, 4) is 0 Å². The van der Waals surface area contributed by atoms with Crippen LogP contribution in [0.25, 0.3) is 0 Å². The molecule has 5 nitrogen and oxygen atoms in total. The Kier molecular flexibility index (Phi) is 4.43. The third-order valence-electron chi connectivity index (χ3n) is 3.46. The van der Waals surface area contributed by atoms with Crippen LogP contribution in [0, 0.1) is 0 Å². The molecule has 0 spiro atoms. The maximum atomic E-state index is 13.0. The Morgan fingerprint density at radius 3 is 2.81 bits per heavy atom. The average molecular weight is 323 g/mol. The zero-order chi connectivity index (χ0) is 15.7. The van der Waals surface area contributed by atoms with Crippen LogP contribution in [0.3, 0.4) is 0 Å². The number of hydrogen-bond donors (Lipinski definition) is 1. The molecule has 1 saturated heterocycles. The summed E-state index contributed by atoms with van der Waals surface area (Å²) in [5, 5.41) is 0. The van der Waals surface area contributed by atoms with Gasteiger partial charge in [0.25, 0.3) is 0 Å². The highest BCUT2D eigenvalue weighted by Gasteiger charge is 2.39. The number of sulfonamides is 1. The van der Waals surface area contributed by atoms with Gasteiger partial charge in [-0.1, -0.05) is 0 Å². The summed E-state index contributed by atoms with van der Waals surface area (Å²) in [7, 11) is -2.20. The van der Waals surface area contributed by atoms with Crippen molar-refractivity contribution in [3.05, 3.63) is 23.9 Å². The highest BCUT2D eigenvalue weighted by Crippen LogP contribution is 2.37. The molecule has 0 aliphatic carbocycles. The van der Waals surface area contributed by atoms with Gasteiger partial charge in [-0.25, -0.2) is 18.1 Å². The first-order valence-corrected chi connectivity index (χ1v) is 8.10. The molecule has 1 aromatic heterocycles. The molecular formula is C12H16F3N3O2S. The second kappa shape index (κ2) is 5.80. The first kappa shape index (κ1) is 16.0. The van der Waals surface area contributed by atoms with Crippen molar-refractivity contribution in [2.24, 2.45) is 0 Å². The van der Waals surface area contributed by atoms with Crippen LogP contribution in [0.5, 0.6) is 0 Å². The van der Waals surface area contributed by atoms with Gasteiger partial charge >= 0.3 is 6.18 Å². The van der Waals surface area contributed by atoms with Gasteiger partial charge in [0.2, 0.25) is 10.0 Å². The smallest absolute Gasteiger partial charge is 0.352 e. The van der Waals surface area contributed by atoms with Gasteiger partial charge in [0.05, 0.1) is 11.3 Å². The van der Waals surface area contributed by atoms with Crippen LogP contribution in [0.2, 0.25) is 0 Å². The molecule has 0 radical (unpaired) electrons. The van der Waals surface area contributed by atoms with E-state index in [2.05, 4.69) is 9.71 Å². The first-order valence-electron chi connectivity index (χ1n) is 6.44. The minimum Gasteiger partial charge on any atom is -0.352 e. The van der Waals surface area contributed by atoms with Crippen LogP contribution in [0.1, 0.15) is 18.4 Å². The normalized spacial score (nSPS) is 20.0. The van der Waals surface area contributed by atoms with Crippen LogP contribution < -0.4 is 9.62 Å². The molecule has 1 aromatic rings. The molecule has 9 heteroatoms. The van der Waals surface area contributed by atoms with E-state index in [1.54, 1.807) is 0 Å². The topological polar surface area (TPSA) is 62.3 Å². The highest BCUT2D eigenvalue weighted by molar-refractivity contribution is 7.89. The number of aromatic nitrogens is 1. The van der Waals surface area contributed by atoms with Gasteiger partial charge in [-0.2, -0.15) is 13.2 Å². The van der Waals surface area contributed by atoms with E-state index in [4.69, 9.17) is 0 Å². The van der Waals surface area contributed by atoms with Crippen molar-refractivity contribution in [3.63, 3.8) is 0 Å². The molecule has 118 valence electrons. The van der Waals surface area contributed by atoms with Crippen molar-refractivity contribution >= 4 is 15.8 Å². The zero-order valence-corrected chi connectivity index (χ0v) is 12.2. The molecule has 0 bridgehead atoms. The third kappa shape index (κ3) is 3.65. The Balaban J connectivity index is 2.33. The summed E-state index contributed by atoms with van der Waals surface area (Å²) in [5.74, 6) is -0.434. The number of hydrogen-bond acceptors (Lipinski definition) is 4. The molecule has 0 aromatic carbocycles. The van der Waals surface area contributed by atoms with Gasteiger partial charge in [0.1, 0.15) is 5.82 Å². The van der Waals surface area contributed by atoms with Gasteiger partial charge in [0.15, 0.2) is 0 Å². The predicted molar refractivity (Wildman–Crippen MR) is 72.5 cm³/mol. The summed E-state index contributed by atoms with van der Waals surface area (Å²) in [6, 6.07) is 1.69. The Morgan fingerprint density at radius 2 is 2.19 bits per heavy atom. The van der Waals surface area contributed by atoms with Crippen LogP contribution in [-0.2, 0) is 16.2 Å². The Bertz CT molecular complexity index is 604. The zero-order valence-electron chi connectivity index (χ0n) is 11.4. The minimum atomic E-state index is -4.52. The van der Waals surface area contributed by atoms with E-state index in [0.717, 1.165) is 6.07 Å². The molecule has 1 fully saturated rings. The molecule has 1 aliphatic heterocycles. The van der Waals surface area contributed by atoms with E-state index in [9.17, 15) is 21.6 Å². The maximum Gasteiger partial charge on any atom is 0.419 e. The van der Waals surface area contributed by atoms with Crippen molar-refractivity contribution < 1.29 is 21.6 Å². The molecule has 0 amide bonds. The molecule has 1 N–H and O–H groups in total. The molecular weight excluding hydrogens is 307 g/mol. The van der Waals surface area contributed by atoms with Crippen LogP contribution in [0.15, 0.2) is 18.3 Å². The average Bonchev–Trinajstić information content (AvgIpc) is 2.85. The van der Waals surface area contributed by atoms with E-state index in [1.807, 2.05) is 0 Å². The van der Waals surface area contributed by atoms with Gasteiger partial charge in [-0.3, -0.25) is 0 Å². The number of nitrogens with zero attached hydrogens (tertiary/aromatic N) is 2. The Hall–Kier alpha value is -1.35. The van der Waals surface area contributed by atoms with Crippen LogP contribution in [0.4, 0.5) is 19.0 Å². The number of nitrogens with one attached hydrogen (secondary N) is 1. The van der Waals surface area contributed by atoms with Crippen molar-refractivity contribution in [2.75, 3.05) is 24.2 Å². The summed E-state index contributed by atoms with van der Waals surface area (Å²) in [5.41, 5.74) is -0.834. The summed E-state index contributed by atoms with van der Waals surface area (Å²) >= 11 is 0. The minimum absolute atomic E-state index is 0.196. The van der Waals surface area contributed by atoms with Gasteiger partial charge in [-0.05, 0) is 32.0 Å². The number of anilines is 1. The van der Waals surface area contributed by atoms with Crippen molar-refractivity contribution in [2.45, 2.75) is 25.1 Å². The van der Waals surface area contributed by atoms with Crippen LogP contribution in [-0.4, -0.2) is 38.8 Å². The molecule has 1 atom stereocenters. The summed E-state index contributed by atoms with van der Waals surface area (Å²) in [6.07, 6.45) is -2.07. The molecule has 2 heterocycles. The van der Waals surface area contributed by atoms with Crippen molar-refractivity contribution in [1.82, 2.24) is 9.71 Å². The highest BCUT2D eigenvalue weighted by atomic mass is 32.2. The summed E-state index contributed by atoms with van der Waals surface area (Å²) < 4.78 is 64.6. The van der Waals surface area contributed by atoms with Gasteiger partial charge < -0.3 is 4.90 Å². The lowest BCUT2D eigenvalue weighted by Gasteiger charge is -2.27. The monoisotopic (exact) mass is 323 g/mol. The lowest BCUT2D eigenvalue weighted by molar-refractivity contribution is -0.137. The third-order valence-corrected chi connectivity index (χ3v) is 4.91. The first-order chi connectivity index (χ1) is 9.74. The fraction of sp³-hybridized carbons (Fsp3) is 0.583. The standard InChI is InChI=1S/C12H16F3N3O2S/c1-16-21(19,20)8-9-4-3-7-18(9)11-10(12(13,14)15)5-2-6-17-11/h2,5-6,9,16H,3-4,7-8H2,1H3/t9-/m0/s1. The fourth-order valence-corrected chi connectivity index (χ4v) is 3.49. The van der Waals surface area contributed by atoms with E-state index < -0.39 is 27.8 Å². The molecule has 1 aliphatic rings. The summed E-state index contributed by atoms with van der Waals surface area (Å²) in [6.45, 7) is 0.365. The SMILES string of the molecule is CNS(=O)(=O)C[C@@H]1CCCN1c1ncccc1C(F)(F)F. The number of alkyl halides is 3. The van der Waals surface area contributed by atoms with Gasteiger partial charge in [-0.15, -0.1) is 0 Å². The Morgan fingerprint density at radius 1 is 1.48 bits per heavy atom. The molecule has 2 rings (SSSR count). The quantitative estimate of drug-likeness (QED) is 0.915. The fourth-order valence-electron chi connectivity index (χ4n) is 2.47. The van der Waals surface area contributed by atoms with E-state index in [0.29, 0.717) is 19.4 Å². The number of rotatable bonds is 4. The van der Waals surface area contributed by atoms with E-state index >= 15 is 0 Å². The molecule has 0 unspecified atom stereocenters. The molecule has 21 heavy (non-hydrogen) atoms. The van der Waals surface area contributed by atoms with E-state index in [1.165, 1.54) is 24.2 Å². The second-order valence-electron chi connectivity index (χ2n) is 4.85. The lowest BCUT2D eigenvalue weighted by Crippen LogP contribution is -2.39. The number of halogens is 3. The summed E-state index contributed by atoms with van der Waals surface area (Å²) in [4.78, 5) is 5.27. The second-order valence-corrected chi connectivity index (χ2v) is 6.82. The Labute approximate surface area is 121 Å².